The highest BCUT2D eigenvalue weighted by Crippen LogP contribution is 2.28. The number of halogens is 2. The number of rotatable bonds is 8. The van der Waals surface area contributed by atoms with Gasteiger partial charge >= 0.3 is 5.97 Å². The number of aromatic nitrogens is 1. The van der Waals surface area contributed by atoms with Gasteiger partial charge in [-0.25, -0.2) is 9.18 Å². The van der Waals surface area contributed by atoms with Crippen molar-refractivity contribution >= 4 is 28.5 Å². The van der Waals surface area contributed by atoms with Crippen LogP contribution in [0.3, 0.4) is 0 Å². The van der Waals surface area contributed by atoms with E-state index in [0.717, 1.165) is 22.0 Å². The molecule has 0 amide bonds. The largest absolute Gasteiger partial charge is 0.489 e. The van der Waals surface area contributed by atoms with Crippen LogP contribution in [-0.2, 0) is 19.6 Å². The Bertz CT molecular complexity index is 1270. The summed E-state index contributed by atoms with van der Waals surface area (Å²) in [5, 5.41) is 10.5. The normalized spacial score (nSPS) is 11.1. The number of benzene rings is 3. The molecule has 1 aromatic heterocycles. The van der Waals surface area contributed by atoms with Crippen molar-refractivity contribution in [1.29, 1.82) is 0 Å². The zero-order chi connectivity index (χ0) is 22.7. The quantitative estimate of drug-likeness (QED) is 0.382. The molecule has 164 valence electrons. The third-order valence-corrected chi connectivity index (χ3v) is 5.66. The lowest BCUT2D eigenvalue weighted by molar-refractivity contribution is 0.0697. The maximum Gasteiger partial charge on any atom is 0.335 e. The van der Waals surface area contributed by atoms with E-state index in [-0.39, 0.29) is 18.0 Å². The first-order valence-corrected chi connectivity index (χ1v) is 10.5. The highest BCUT2D eigenvalue weighted by Gasteiger charge is 2.11. The van der Waals surface area contributed by atoms with E-state index in [2.05, 4.69) is 10.8 Å². The van der Waals surface area contributed by atoms with Crippen molar-refractivity contribution in [3.8, 4) is 5.75 Å². The minimum Gasteiger partial charge on any atom is -0.489 e. The monoisotopic (exact) mass is 452 g/mol. The Morgan fingerprint density at radius 3 is 2.53 bits per heavy atom. The van der Waals surface area contributed by atoms with Gasteiger partial charge in [0.1, 0.15) is 18.2 Å². The number of nitrogens with two attached hydrogens (primary N) is 1. The first kappa shape index (κ1) is 21.9. The Morgan fingerprint density at radius 1 is 1.06 bits per heavy atom. The van der Waals surface area contributed by atoms with Gasteiger partial charge in [-0.05, 0) is 66.6 Å². The van der Waals surface area contributed by atoms with Gasteiger partial charge in [0.05, 0.1) is 10.6 Å². The van der Waals surface area contributed by atoms with Crippen LogP contribution in [0.25, 0.3) is 10.9 Å². The molecular formula is C25H22ClFN2O3. The van der Waals surface area contributed by atoms with Gasteiger partial charge in [0.15, 0.2) is 0 Å². The molecule has 0 saturated heterocycles. The molecule has 0 bridgehead atoms. The summed E-state index contributed by atoms with van der Waals surface area (Å²) in [6.45, 7) is 1.35. The molecule has 0 atom stereocenters. The number of nitrogens with zero attached hydrogens (tertiary/aromatic N) is 1. The third-order valence-electron chi connectivity index (χ3n) is 5.31. The molecule has 0 aliphatic rings. The van der Waals surface area contributed by atoms with Crippen LogP contribution in [0.15, 0.2) is 66.9 Å². The number of carboxylic acids is 1. The molecule has 3 aromatic carbocycles. The molecule has 0 saturated carbocycles. The van der Waals surface area contributed by atoms with Gasteiger partial charge in [-0.3, -0.25) is 0 Å². The zero-order valence-electron chi connectivity index (χ0n) is 17.2. The summed E-state index contributed by atoms with van der Waals surface area (Å²) in [5.74, 6) is -0.645. The lowest BCUT2D eigenvalue weighted by Crippen LogP contribution is -2.02. The van der Waals surface area contributed by atoms with E-state index in [1.165, 1.54) is 12.1 Å². The van der Waals surface area contributed by atoms with Crippen molar-refractivity contribution in [3.05, 3.63) is 100.0 Å². The number of aromatic carboxylic acids is 1. The summed E-state index contributed by atoms with van der Waals surface area (Å²) in [4.78, 5) is 11.1. The summed E-state index contributed by atoms with van der Waals surface area (Å²) in [6.07, 6.45) is 2.79. The molecule has 0 spiro atoms. The van der Waals surface area contributed by atoms with E-state index in [1.807, 2.05) is 30.3 Å². The average molecular weight is 453 g/mol. The summed E-state index contributed by atoms with van der Waals surface area (Å²) >= 11 is 6.09. The summed E-state index contributed by atoms with van der Waals surface area (Å²) in [7, 11) is 0. The second kappa shape index (κ2) is 9.42. The molecule has 4 rings (SSSR count). The number of carboxylic acid groups (broad SMARTS) is 1. The van der Waals surface area contributed by atoms with Gasteiger partial charge in [-0.15, -0.1) is 0 Å². The maximum absolute atomic E-state index is 13.3. The SMILES string of the molecule is NCCc1cn(Cc2ccc(C(=O)O)cc2)c2ccc(OCc3ccc(F)cc3Cl)cc12. The smallest absolute Gasteiger partial charge is 0.335 e. The third kappa shape index (κ3) is 4.77. The first-order chi connectivity index (χ1) is 15.4. The van der Waals surface area contributed by atoms with Crippen LogP contribution in [0.1, 0.15) is 27.0 Å². The van der Waals surface area contributed by atoms with Gasteiger partial charge in [0.2, 0.25) is 0 Å². The average Bonchev–Trinajstić information content (AvgIpc) is 3.10. The van der Waals surface area contributed by atoms with E-state index in [1.54, 1.807) is 18.2 Å². The van der Waals surface area contributed by atoms with E-state index in [9.17, 15) is 9.18 Å². The fourth-order valence-corrected chi connectivity index (χ4v) is 3.90. The Kier molecular flexibility index (Phi) is 6.44. The van der Waals surface area contributed by atoms with Crippen LogP contribution >= 0.6 is 11.6 Å². The fourth-order valence-electron chi connectivity index (χ4n) is 3.67. The molecule has 3 N–H and O–H groups in total. The van der Waals surface area contributed by atoms with Crippen LogP contribution in [-0.4, -0.2) is 22.2 Å². The molecule has 1 heterocycles. The van der Waals surface area contributed by atoms with Gasteiger partial charge in [-0.1, -0.05) is 29.8 Å². The number of hydrogen-bond acceptors (Lipinski definition) is 3. The lowest BCUT2D eigenvalue weighted by Gasteiger charge is -2.10. The van der Waals surface area contributed by atoms with Crippen molar-refractivity contribution in [3.63, 3.8) is 0 Å². The van der Waals surface area contributed by atoms with Gasteiger partial charge in [0.25, 0.3) is 0 Å². The standard InChI is InChI=1S/C25H22ClFN2O3/c26-23-11-20(27)6-5-19(23)15-32-21-7-8-24-22(12-21)18(9-10-28)14-29(24)13-16-1-3-17(4-2-16)25(30)31/h1-8,11-12,14H,9-10,13,15,28H2,(H,30,31). The van der Waals surface area contributed by atoms with E-state index in [4.69, 9.17) is 27.2 Å². The topological polar surface area (TPSA) is 77.5 Å². The van der Waals surface area contributed by atoms with Crippen molar-refractivity contribution < 1.29 is 19.0 Å². The fraction of sp³-hybridized carbons (Fsp3) is 0.160. The molecule has 0 unspecified atom stereocenters. The van der Waals surface area contributed by atoms with Crippen molar-refractivity contribution in [2.24, 2.45) is 5.73 Å². The summed E-state index contributed by atoms with van der Waals surface area (Å²) in [5.41, 5.74) is 9.92. The molecule has 0 aliphatic heterocycles. The van der Waals surface area contributed by atoms with Crippen LogP contribution in [0.5, 0.6) is 5.75 Å². The Balaban J connectivity index is 1.59. The number of fused-ring (bicyclic) bond motifs is 1. The van der Waals surface area contributed by atoms with Crippen LogP contribution in [0.4, 0.5) is 4.39 Å². The Labute approximate surface area is 189 Å². The molecule has 0 fully saturated rings. The maximum atomic E-state index is 13.3. The Morgan fingerprint density at radius 2 is 1.84 bits per heavy atom. The first-order valence-electron chi connectivity index (χ1n) is 10.2. The lowest BCUT2D eigenvalue weighted by atomic mass is 10.1. The molecule has 5 nitrogen and oxygen atoms in total. The van der Waals surface area contributed by atoms with Gasteiger partial charge in [0, 0.05) is 29.2 Å². The van der Waals surface area contributed by atoms with E-state index < -0.39 is 5.97 Å². The van der Waals surface area contributed by atoms with Gasteiger partial charge in [-0.2, -0.15) is 0 Å². The Hall–Kier alpha value is -3.35. The highest BCUT2D eigenvalue weighted by atomic mass is 35.5. The number of ether oxygens (including phenoxy) is 1. The molecule has 0 radical (unpaired) electrons. The summed E-state index contributed by atoms with van der Waals surface area (Å²) in [6, 6.07) is 16.9. The number of carbonyl (C=O) groups is 1. The van der Waals surface area contributed by atoms with E-state index in [0.29, 0.717) is 35.8 Å². The predicted octanol–water partition coefficient (Wildman–Crippen LogP) is 5.26. The highest BCUT2D eigenvalue weighted by molar-refractivity contribution is 6.31. The molecule has 4 aromatic rings. The van der Waals surface area contributed by atoms with Crippen LogP contribution in [0, 0.1) is 5.82 Å². The molecule has 7 heteroatoms. The van der Waals surface area contributed by atoms with Crippen molar-refractivity contribution in [2.75, 3.05) is 6.54 Å². The second-order valence-electron chi connectivity index (χ2n) is 7.53. The van der Waals surface area contributed by atoms with Crippen LogP contribution < -0.4 is 10.5 Å². The van der Waals surface area contributed by atoms with E-state index >= 15 is 0 Å². The number of hydrogen-bond donors (Lipinski definition) is 2. The van der Waals surface area contributed by atoms with Crippen LogP contribution in [0.2, 0.25) is 5.02 Å². The minimum atomic E-state index is -0.942. The van der Waals surface area contributed by atoms with Gasteiger partial charge < -0.3 is 20.1 Å². The molecule has 0 aliphatic carbocycles. The molecular weight excluding hydrogens is 431 g/mol. The zero-order valence-corrected chi connectivity index (χ0v) is 18.0. The molecule has 32 heavy (non-hydrogen) atoms. The summed E-state index contributed by atoms with van der Waals surface area (Å²) < 4.78 is 21.3. The minimum absolute atomic E-state index is 0.230. The predicted molar refractivity (Wildman–Crippen MR) is 123 cm³/mol. The van der Waals surface area contributed by atoms with Crippen molar-refractivity contribution in [1.82, 2.24) is 4.57 Å². The van der Waals surface area contributed by atoms with Crippen molar-refractivity contribution in [2.45, 2.75) is 19.6 Å². The second-order valence-corrected chi connectivity index (χ2v) is 7.93.